The molecule has 20 heavy (non-hydrogen) atoms. The fourth-order valence-corrected chi connectivity index (χ4v) is 1.74. The number of nitro benzene ring substituents is 1. The van der Waals surface area contributed by atoms with Gasteiger partial charge >= 0.3 is 5.97 Å². The van der Waals surface area contributed by atoms with E-state index in [-0.39, 0.29) is 17.2 Å². The Balaban J connectivity index is 3.03. The molecular weight excluding hydrogens is 264 g/mol. The predicted molar refractivity (Wildman–Crippen MR) is 71.6 cm³/mol. The van der Waals surface area contributed by atoms with Crippen LogP contribution in [0.1, 0.15) is 29.8 Å². The third-order valence-electron chi connectivity index (χ3n) is 2.75. The molecule has 0 aliphatic rings. The lowest BCUT2D eigenvalue weighted by Gasteiger charge is -2.17. The summed E-state index contributed by atoms with van der Waals surface area (Å²) in [7, 11) is 0. The van der Waals surface area contributed by atoms with Gasteiger partial charge in [-0.3, -0.25) is 14.9 Å². The van der Waals surface area contributed by atoms with Gasteiger partial charge < -0.3 is 10.4 Å². The Morgan fingerprint density at radius 3 is 2.35 bits per heavy atom. The molecule has 0 aromatic heterocycles. The number of benzene rings is 1. The Kier molecular flexibility index (Phi) is 4.79. The number of nitrogens with one attached hydrogen (secondary N) is 1. The molecule has 0 heterocycles. The van der Waals surface area contributed by atoms with E-state index in [1.807, 2.05) is 0 Å². The van der Waals surface area contributed by atoms with Gasteiger partial charge in [0.15, 0.2) is 0 Å². The summed E-state index contributed by atoms with van der Waals surface area (Å²) in [6.07, 6.45) is 0. The number of nitrogens with zero attached hydrogens (tertiary/aromatic N) is 1. The molecule has 0 spiro atoms. The number of hydrogen-bond donors (Lipinski definition) is 2. The van der Waals surface area contributed by atoms with Gasteiger partial charge in [0.1, 0.15) is 6.04 Å². The quantitative estimate of drug-likeness (QED) is 0.630. The van der Waals surface area contributed by atoms with Crippen LogP contribution < -0.4 is 5.32 Å². The van der Waals surface area contributed by atoms with Crippen molar-refractivity contribution >= 4 is 17.6 Å². The van der Waals surface area contributed by atoms with Gasteiger partial charge in [0, 0.05) is 17.7 Å². The number of non-ortho nitro benzene ring substituents is 1. The zero-order chi connectivity index (χ0) is 15.4. The molecule has 0 unspecified atom stereocenters. The molecule has 1 amide bonds. The summed E-state index contributed by atoms with van der Waals surface area (Å²) in [5.41, 5.74) is 0.427. The maximum atomic E-state index is 12.0. The average Bonchev–Trinajstić information content (AvgIpc) is 2.33. The predicted octanol–water partition coefficient (Wildman–Crippen LogP) is 1.74. The molecular formula is C13H16N2O5. The Bertz CT molecular complexity index is 554. The summed E-state index contributed by atoms with van der Waals surface area (Å²) in [5, 5.41) is 22.1. The monoisotopic (exact) mass is 280 g/mol. The highest BCUT2D eigenvalue weighted by molar-refractivity contribution is 5.97. The first-order chi connectivity index (χ1) is 9.22. The van der Waals surface area contributed by atoms with Gasteiger partial charge in [0.05, 0.1) is 4.92 Å². The van der Waals surface area contributed by atoms with Crippen molar-refractivity contribution in [3.63, 3.8) is 0 Å². The smallest absolute Gasteiger partial charge is 0.326 e. The van der Waals surface area contributed by atoms with Crippen molar-refractivity contribution in [1.82, 2.24) is 5.32 Å². The first-order valence-electron chi connectivity index (χ1n) is 6.02. The Morgan fingerprint density at radius 1 is 1.30 bits per heavy atom. The fraction of sp³-hybridized carbons (Fsp3) is 0.385. The molecule has 0 radical (unpaired) electrons. The van der Waals surface area contributed by atoms with E-state index in [9.17, 15) is 19.7 Å². The summed E-state index contributed by atoms with van der Waals surface area (Å²) < 4.78 is 0. The normalized spacial score (nSPS) is 12.0. The van der Waals surface area contributed by atoms with Gasteiger partial charge in [-0.1, -0.05) is 13.8 Å². The number of hydrogen-bond acceptors (Lipinski definition) is 4. The molecule has 0 aliphatic heterocycles. The van der Waals surface area contributed by atoms with E-state index in [0.29, 0.717) is 5.56 Å². The fourth-order valence-electron chi connectivity index (χ4n) is 1.74. The van der Waals surface area contributed by atoms with Crippen LogP contribution in [-0.2, 0) is 4.79 Å². The summed E-state index contributed by atoms with van der Waals surface area (Å²) >= 11 is 0. The van der Waals surface area contributed by atoms with Gasteiger partial charge in [-0.15, -0.1) is 0 Å². The average molecular weight is 280 g/mol. The number of carbonyl (C=O) groups is 2. The van der Waals surface area contributed by atoms with E-state index in [1.165, 1.54) is 12.1 Å². The van der Waals surface area contributed by atoms with Gasteiger partial charge in [-0.2, -0.15) is 0 Å². The van der Waals surface area contributed by atoms with Crippen LogP contribution in [0.3, 0.4) is 0 Å². The number of aliphatic carboxylic acids is 1. The molecule has 7 nitrogen and oxygen atoms in total. The molecule has 0 bridgehead atoms. The van der Waals surface area contributed by atoms with Crippen molar-refractivity contribution in [3.8, 4) is 0 Å². The minimum atomic E-state index is -1.14. The molecule has 1 atom stereocenters. The van der Waals surface area contributed by atoms with Crippen molar-refractivity contribution in [2.75, 3.05) is 0 Å². The lowest BCUT2D eigenvalue weighted by atomic mass is 10.0. The molecule has 0 saturated heterocycles. The largest absolute Gasteiger partial charge is 0.480 e. The molecule has 1 aromatic carbocycles. The van der Waals surface area contributed by atoms with E-state index in [2.05, 4.69) is 5.32 Å². The van der Waals surface area contributed by atoms with Gasteiger partial charge in [0.25, 0.3) is 11.6 Å². The summed E-state index contributed by atoms with van der Waals surface area (Å²) in [5.74, 6) is -2.08. The standard InChI is InChI=1S/C13H16N2O5/c1-7(2)11(13(17)18)14-12(16)9-4-8(3)5-10(6-9)15(19)20/h4-7,11H,1-3H3,(H,14,16)(H,17,18)/t11-/m1/s1. The number of carboxylic acids is 1. The number of rotatable bonds is 5. The van der Waals surface area contributed by atoms with Crippen LogP contribution in [-0.4, -0.2) is 27.9 Å². The van der Waals surface area contributed by atoms with E-state index >= 15 is 0 Å². The highest BCUT2D eigenvalue weighted by Crippen LogP contribution is 2.17. The topological polar surface area (TPSA) is 110 Å². The number of nitro groups is 1. The van der Waals surface area contributed by atoms with Crippen molar-refractivity contribution < 1.29 is 19.6 Å². The van der Waals surface area contributed by atoms with Crippen LogP contribution >= 0.6 is 0 Å². The van der Waals surface area contributed by atoms with E-state index in [0.717, 1.165) is 6.07 Å². The van der Waals surface area contributed by atoms with Gasteiger partial charge in [-0.05, 0) is 24.5 Å². The number of aryl methyl sites for hydroxylation is 1. The third kappa shape index (κ3) is 3.78. The van der Waals surface area contributed by atoms with Crippen molar-refractivity contribution in [1.29, 1.82) is 0 Å². The summed E-state index contributed by atoms with van der Waals surface area (Å²) in [6, 6.07) is 2.90. The van der Waals surface area contributed by atoms with Crippen molar-refractivity contribution in [2.24, 2.45) is 5.92 Å². The van der Waals surface area contributed by atoms with Crippen LogP contribution in [0.2, 0.25) is 0 Å². The molecule has 0 saturated carbocycles. The zero-order valence-corrected chi connectivity index (χ0v) is 11.4. The Hall–Kier alpha value is -2.44. The van der Waals surface area contributed by atoms with Crippen LogP contribution in [0.15, 0.2) is 18.2 Å². The second-order valence-electron chi connectivity index (χ2n) is 4.85. The van der Waals surface area contributed by atoms with E-state index in [4.69, 9.17) is 5.11 Å². The first-order valence-corrected chi connectivity index (χ1v) is 6.02. The maximum Gasteiger partial charge on any atom is 0.326 e. The lowest BCUT2D eigenvalue weighted by molar-refractivity contribution is -0.384. The van der Waals surface area contributed by atoms with Crippen LogP contribution in [0, 0.1) is 23.0 Å². The highest BCUT2D eigenvalue weighted by Gasteiger charge is 2.24. The third-order valence-corrected chi connectivity index (χ3v) is 2.75. The first kappa shape index (κ1) is 15.6. The molecule has 0 fully saturated rings. The molecule has 1 rings (SSSR count). The lowest BCUT2D eigenvalue weighted by Crippen LogP contribution is -2.44. The Morgan fingerprint density at radius 2 is 1.90 bits per heavy atom. The minimum absolute atomic E-state index is 0.0728. The zero-order valence-electron chi connectivity index (χ0n) is 11.4. The number of amides is 1. The molecule has 2 N–H and O–H groups in total. The van der Waals surface area contributed by atoms with Crippen LogP contribution in [0.25, 0.3) is 0 Å². The number of carboxylic acid groups (broad SMARTS) is 1. The maximum absolute atomic E-state index is 12.0. The van der Waals surface area contributed by atoms with Gasteiger partial charge in [0.2, 0.25) is 0 Å². The van der Waals surface area contributed by atoms with Crippen molar-refractivity contribution in [2.45, 2.75) is 26.8 Å². The minimum Gasteiger partial charge on any atom is -0.480 e. The summed E-state index contributed by atoms with van der Waals surface area (Å²) in [6.45, 7) is 4.95. The Labute approximate surface area is 115 Å². The molecule has 1 aromatic rings. The number of carbonyl (C=O) groups excluding carboxylic acids is 1. The molecule has 0 aliphatic carbocycles. The second-order valence-corrected chi connectivity index (χ2v) is 4.85. The summed E-state index contributed by atoms with van der Waals surface area (Å²) in [4.78, 5) is 33.2. The highest BCUT2D eigenvalue weighted by atomic mass is 16.6. The SMILES string of the molecule is Cc1cc(C(=O)N[C@@H](C(=O)O)C(C)C)cc([N+](=O)[O-])c1. The van der Waals surface area contributed by atoms with Crippen molar-refractivity contribution in [3.05, 3.63) is 39.4 Å². The van der Waals surface area contributed by atoms with Gasteiger partial charge in [-0.25, -0.2) is 4.79 Å². The van der Waals surface area contributed by atoms with E-state index in [1.54, 1.807) is 20.8 Å². The van der Waals surface area contributed by atoms with E-state index < -0.39 is 22.8 Å². The van der Waals surface area contributed by atoms with Crippen LogP contribution in [0.5, 0.6) is 0 Å². The van der Waals surface area contributed by atoms with Crippen LogP contribution in [0.4, 0.5) is 5.69 Å². The molecule has 7 heteroatoms. The second kappa shape index (κ2) is 6.14. The molecule has 108 valence electrons.